The fourth-order valence-corrected chi connectivity index (χ4v) is 2.06. The van der Waals surface area contributed by atoms with E-state index >= 15 is 0 Å². The first-order chi connectivity index (χ1) is 7.81. The van der Waals surface area contributed by atoms with Crippen molar-refractivity contribution < 1.29 is 0 Å². The van der Waals surface area contributed by atoms with Crippen LogP contribution in [-0.4, -0.2) is 12.6 Å². The SMILES string of the molecule is CCCCCCCCN.NC1CCCCC1. The summed E-state index contributed by atoms with van der Waals surface area (Å²) in [6, 6.07) is 0.536. The molecule has 1 rings (SSSR count). The van der Waals surface area contributed by atoms with Gasteiger partial charge in [-0.25, -0.2) is 0 Å². The molecule has 1 aliphatic carbocycles. The van der Waals surface area contributed by atoms with Gasteiger partial charge in [-0.2, -0.15) is 0 Å². The van der Waals surface area contributed by atoms with E-state index < -0.39 is 0 Å². The molecule has 0 spiro atoms. The Labute approximate surface area is 102 Å². The summed E-state index contributed by atoms with van der Waals surface area (Å²) >= 11 is 0. The van der Waals surface area contributed by atoms with Crippen LogP contribution in [0, 0.1) is 0 Å². The number of rotatable bonds is 6. The normalized spacial score (nSPS) is 16.7. The lowest BCUT2D eigenvalue weighted by Gasteiger charge is -2.15. The van der Waals surface area contributed by atoms with Crippen LogP contribution in [0.4, 0.5) is 0 Å². The van der Waals surface area contributed by atoms with Crippen molar-refractivity contribution in [2.24, 2.45) is 11.5 Å². The van der Waals surface area contributed by atoms with Crippen LogP contribution in [-0.2, 0) is 0 Å². The van der Waals surface area contributed by atoms with Gasteiger partial charge in [0.2, 0.25) is 0 Å². The first-order valence-electron chi connectivity index (χ1n) is 7.27. The Balaban J connectivity index is 0.000000288. The molecule has 0 aliphatic heterocycles. The third-order valence-corrected chi connectivity index (χ3v) is 3.21. The second-order valence-corrected chi connectivity index (χ2v) is 4.95. The molecule has 0 aromatic carbocycles. The van der Waals surface area contributed by atoms with E-state index in [9.17, 15) is 0 Å². The summed E-state index contributed by atoms with van der Waals surface area (Å²) < 4.78 is 0. The van der Waals surface area contributed by atoms with E-state index in [0.717, 1.165) is 6.54 Å². The fraction of sp³-hybridized carbons (Fsp3) is 1.00. The fourth-order valence-electron chi connectivity index (χ4n) is 2.06. The van der Waals surface area contributed by atoms with Gasteiger partial charge in [0.15, 0.2) is 0 Å². The summed E-state index contributed by atoms with van der Waals surface area (Å²) in [5.41, 5.74) is 11.0. The van der Waals surface area contributed by atoms with Gasteiger partial charge in [0.05, 0.1) is 0 Å². The minimum atomic E-state index is 0.536. The van der Waals surface area contributed by atoms with Crippen LogP contribution in [0.3, 0.4) is 0 Å². The Hall–Kier alpha value is -0.0800. The van der Waals surface area contributed by atoms with Crippen molar-refractivity contribution in [1.29, 1.82) is 0 Å². The maximum Gasteiger partial charge on any atom is 0.00388 e. The largest absolute Gasteiger partial charge is 0.330 e. The van der Waals surface area contributed by atoms with Crippen molar-refractivity contribution in [3.05, 3.63) is 0 Å². The molecule has 98 valence electrons. The zero-order valence-corrected chi connectivity index (χ0v) is 11.2. The Morgan fingerprint density at radius 2 is 1.44 bits per heavy atom. The second-order valence-electron chi connectivity index (χ2n) is 4.95. The van der Waals surface area contributed by atoms with Crippen molar-refractivity contribution in [2.75, 3.05) is 6.54 Å². The maximum atomic E-state index is 5.63. The number of hydrogen-bond acceptors (Lipinski definition) is 2. The number of nitrogens with two attached hydrogens (primary N) is 2. The highest BCUT2D eigenvalue weighted by Crippen LogP contribution is 2.14. The highest BCUT2D eigenvalue weighted by molar-refractivity contribution is 4.66. The van der Waals surface area contributed by atoms with Crippen molar-refractivity contribution >= 4 is 0 Å². The third kappa shape index (κ3) is 12.0. The molecule has 0 bridgehead atoms. The molecule has 0 atom stereocenters. The summed E-state index contributed by atoms with van der Waals surface area (Å²) in [6.45, 7) is 3.11. The molecule has 2 heteroatoms. The predicted molar refractivity (Wildman–Crippen MR) is 73.5 cm³/mol. The van der Waals surface area contributed by atoms with Gasteiger partial charge in [0.1, 0.15) is 0 Å². The summed E-state index contributed by atoms with van der Waals surface area (Å²) in [5.74, 6) is 0. The summed E-state index contributed by atoms with van der Waals surface area (Å²) in [6.07, 6.45) is 14.7. The molecule has 0 amide bonds. The Bertz CT molecular complexity index is 114. The molecule has 1 aliphatic rings. The molecular weight excluding hydrogens is 196 g/mol. The minimum absolute atomic E-state index is 0.536. The van der Waals surface area contributed by atoms with Gasteiger partial charge in [-0.15, -0.1) is 0 Å². The van der Waals surface area contributed by atoms with E-state index in [4.69, 9.17) is 11.5 Å². The first kappa shape index (κ1) is 15.9. The molecule has 0 aromatic heterocycles. The molecule has 1 fully saturated rings. The van der Waals surface area contributed by atoms with Gasteiger partial charge in [0, 0.05) is 6.04 Å². The molecule has 1 saturated carbocycles. The lowest BCUT2D eigenvalue weighted by atomic mass is 9.97. The standard InChI is InChI=1S/C8H19N.C6H13N/c1-2-3-4-5-6-7-8-9;7-6-4-2-1-3-5-6/h2-9H2,1H3;6H,1-5,7H2. The lowest BCUT2D eigenvalue weighted by molar-refractivity contribution is 0.441. The number of hydrogen-bond donors (Lipinski definition) is 2. The molecular formula is C14H32N2. The highest BCUT2D eigenvalue weighted by atomic mass is 14.6. The van der Waals surface area contributed by atoms with Crippen LogP contribution in [0.2, 0.25) is 0 Å². The van der Waals surface area contributed by atoms with Crippen molar-refractivity contribution in [1.82, 2.24) is 0 Å². The molecule has 2 nitrogen and oxygen atoms in total. The average Bonchev–Trinajstić information content (AvgIpc) is 2.31. The molecule has 0 radical (unpaired) electrons. The van der Waals surface area contributed by atoms with Crippen LogP contribution < -0.4 is 11.5 Å². The minimum Gasteiger partial charge on any atom is -0.330 e. The summed E-state index contributed by atoms with van der Waals surface area (Å²) in [4.78, 5) is 0. The van der Waals surface area contributed by atoms with Gasteiger partial charge in [0.25, 0.3) is 0 Å². The molecule has 4 N–H and O–H groups in total. The molecule has 0 unspecified atom stereocenters. The molecule has 0 aromatic rings. The Morgan fingerprint density at radius 1 is 0.875 bits per heavy atom. The van der Waals surface area contributed by atoms with Crippen LogP contribution in [0.15, 0.2) is 0 Å². The third-order valence-electron chi connectivity index (χ3n) is 3.21. The smallest absolute Gasteiger partial charge is 0.00388 e. The molecule has 0 heterocycles. The van der Waals surface area contributed by atoms with E-state index in [2.05, 4.69) is 6.92 Å². The topological polar surface area (TPSA) is 52.0 Å². The molecule has 0 saturated heterocycles. The Morgan fingerprint density at radius 3 is 1.88 bits per heavy atom. The maximum absolute atomic E-state index is 5.63. The van der Waals surface area contributed by atoms with E-state index in [1.165, 1.54) is 70.6 Å². The predicted octanol–water partition coefficient (Wildman–Crippen LogP) is 3.58. The lowest BCUT2D eigenvalue weighted by Crippen LogP contribution is -2.22. The van der Waals surface area contributed by atoms with Crippen LogP contribution >= 0.6 is 0 Å². The average molecular weight is 228 g/mol. The Kier molecular flexibility index (Phi) is 12.9. The van der Waals surface area contributed by atoms with E-state index in [1.807, 2.05) is 0 Å². The highest BCUT2D eigenvalue weighted by Gasteiger charge is 2.06. The van der Waals surface area contributed by atoms with Crippen molar-refractivity contribution in [3.63, 3.8) is 0 Å². The van der Waals surface area contributed by atoms with Crippen LogP contribution in [0.25, 0.3) is 0 Å². The second kappa shape index (κ2) is 13.0. The van der Waals surface area contributed by atoms with Gasteiger partial charge >= 0.3 is 0 Å². The van der Waals surface area contributed by atoms with Crippen molar-refractivity contribution in [3.8, 4) is 0 Å². The summed E-state index contributed by atoms with van der Waals surface area (Å²) in [7, 11) is 0. The van der Waals surface area contributed by atoms with E-state index in [1.54, 1.807) is 0 Å². The zero-order chi connectivity index (χ0) is 12.1. The number of unbranched alkanes of at least 4 members (excludes halogenated alkanes) is 5. The van der Waals surface area contributed by atoms with Crippen LogP contribution in [0.1, 0.15) is 77.6 Å². The summed E-state index contributed by atoms with van der Waals surface area (Å²) in [5, 5.41) is 0. The zero-order valence-electron chi connectivity index (χ0n) is 11.2. The van der Waals surface area contributed by atoms with Gasteiger partial charge in [-0.3, -0.25) is 0 Å². The van der Waals surface area contributed by atoms with E-state index in [0.29, 0.717) is 6.04 Å². The van der Waals surface area contributed by atoms with E-state index in [-0.39, 0.29) is 0 Å². The first-order valence-corrected chi connectivity index (χ1v) is 7.27. The van der Waals surface area contributed by atoms with Crippen molar-refractivity contribution in [2.45, 2.75) is 83.6 Å². The van der Waals surface area contributed by atoms with Gasteiger partial charge in [-0.1, -0.05) is 58.3 Å². The molecule has 16 heavy (non-hydrogen) atoms. The van der Waals surface area contributed by atoms with Crippen LogP contribution in [0.5, 0.6) is 0 Å². The quantitative estimate of drug-likeness (QED) is 0.683. The van der Waals surface area contributed by atoms with Gasteiger partial charge in [-0.05, 0) is 25.8 Å². The van der Waals surface area contributed by atoms with Gasteiger partial charge < -0.3 is 11.5 Å². The monoisotopic (exact) mass is 228 g/mol.